The summed E-state index contributed by atoms with van der Waals surface area (Å²) in [4.78, 5) is 50.6. The minimum Gasteiger partial charge on any atom is -0.361 e. The van der Waals surface area contributed by atoms with Crippen LogP contribution < -0.4 is 15.9 Å². The maximum absolute atomic E-state index is 14.6. The normalized spacial score (nSPS) is 17.6. The number of likely N-dealkylation sites (tertiary alicyclic amines) is 1. The van der Waals surface area contributed by atoms with E-state index in [4.69, 9.17) is 0 Å². The number of carbonyl (C=O) groups is 2. The van der Waals surface area contributed by atoms with Crippen molar-refractivity contribution in [3.8, 4) is 0 Å². The van der Waals surface area contributed by atoms with E-state index in [1.54, 1.807) is 27.5 Å². The molecule has 2 aromatic heterocycles. The van der Waals surface area contributed by atoms with E-state index in [9.17, 15) is 18.8 Å². The highest BCUT2D eigenvalue weighted by Crippen LogP contribution is 2.32. The van der Waals surface area contributed by atoms with Gasteiger partial charge in [0.1, 0.15) is 11.9 Å². The average Bonchev–Trinajstić information content (AvgIpc) is 3.60. The number of nitrogens with one attached hydrogen (secondary N) is 2. The average molecular weight is 652 g/mol. The number of aromatic amines is 1. The summed E-state index contributed by atoms with van der Waals surface area (Å²) in [6, 6.07) is 19.1. The van der Waals surface area contributed by atoms with Gasteiger partial charge in [0, 0.05) is 68.5 Å². The number of aryl methyl sites for hydroxylation is 1. The second-order valence-corrected chi connectivity index (χ2v) is 13.5. The van der Waals surface area contributed by atoms with Crippen LogP contribution in [0.3, 0.4) is 0 Å². The maximum Gasteiger partial charge on any atom is 0.329 e. The van der Waals surface area contributed by atoms with Crippen molar-refractivity contribution in [3.05, 3.63) is 100 Å². The molecule has 4 heterocycles. The van der Waals surface area contributed by atoms with Crippen molar-refractivity contribution in [3.63, 3.8) is 0 Å². The Balaban J connectivity index is 1.14. The molecule has 250 valence electrons. The number of hydrogen-bond donors (Lipinski definition) is 2. The molecule has 2 aliphatic heterocycles. The topological polar surface area (TPSA) is 98.6 Å². The summed E-state index contributed by atoms with van der Waals surface area (Å²) in [5, 5.41) is 4.11. The Morgan fingerprint density at radius 2 is 1.75 bits per heavy atom. The number of H-pyrrole nitrogens is 1. The first-order valence-electron chi connectivity index (χ1n) is 16.7. The summed E-state index contributed by atoms with van der Waals surface area (Å²) in [6.45, 7) is 2.13. The monoisotopic (exact) mass is 651 g/mol. The summed E-state index contributed by atoms with van der Waals surface area (Å²) < 4.78 is 17.9. The number of nitrogens with zero attached hydrogens (tertiary/aromatic N) is 5. The summed E-state index contributed by atoms with van der Waals surface area (Å²) in [7, 11) is 5.77. The van der Waals surface area contributed by atoms with Gasteiger partial charge in [-0.25, -0.2) is 14.0 Å². The Bertz CT molecular complexity index is 2040. The van der Waals surface area contributed by atoms with E-state index < -0.39 is 6.04 Å². The Morgan fingerprint density at radius 1 is 1.02 bits per heavy atom. The van der Waals surface area contributed by atoms with Gasteiger partial charge in [-0.1, -0.05) is 30.3 Å². The minimum atomic E-state index is -0.855. The van der Waals surface area contributed by atoms with Gasteiger partial charge in [-0.15, -0.1) is 0 Å². The molecule has 0 spiro atoms. The molecular formula is C37H42FN7O3. The fraction of sp³-hybridized carbons (Fsp3) is 0.378. The van der Waals surface area contributed by atoms with Crippen molar-refractivity contribution < 1.29 is 14.0 Å². The standard InChI is InChI=1S/C37H42FN7O3/c1-41(2)22-24-18-25-19-27(38)12-13-32(25)44(23-24)35(46)31(20-26-21-39-30-9-5-4-8-29(26)30)40-36(47)43-16-14-28(15-17-43)45-34-11-7-6-10-33(34)42(3)37(45)48/h4-13,19,21,24,28,31,39H,14-18,20,22-23H2,1-3H3,(H,40,47)/t24-,31-/m1/s1. The molecule has 10 nitrogen and oxygen atoms in total. The molecule has 2 N–H and O–H groups in total. The second-order valence-electron chi connectivity index (χ2n) is 13.5. The quantitative estimate of drug-likeness (QED) is 0.267. The number of para-hydroxylation sites is 3. The first kappa shape index (κ1) is 31.7. The third kappa shape index (κ3) is 5.98. The second kappa shape index (κ2) is 13.0. The Kier molecular flexibility index (Phi) is 8.55. The first-order valence-corrected chi connectivity index (χ1v) is 16.7. The number of piperidine rings is 1. The maximum atomic E-state index is 14.6. The number of fused-ring (bicyclic) bond motifs is 3. The van der Waals surface area contributed by atoms with Crippen LogP contribution >= 0.6 is 0 Å². The number of urea groups is 1. The summed E-state index contributed by atoms with van der Waals surface area (Å²) in [5.74, 6) is -0.439. The van der Waals surface area contributed by atoms with Gasteiger partial charge in [0.15, 0.2) is 0 Å². The number of carbonyl (C=O) groups excluding carboxylic acids is 2. The molecular weight excluding hydrogens is 609 g/mol. The number of imidazole rings is 1. The molecule has 0 radical (unpaired) electrons. The smallest absolute Gasteiger partial charge is 0.329 e. The molecule has 2 aliphatic rings. The van der Waals surface area contributed by atoms with E-state index >= 15 is 0 Å². The van der Waals surface area contributed by atoms with Gasteiger partial charge in [-0.3, -0.25) is 13.9 Å². The van der Waals surface area contributed by atoms with Gasteiger partial charge in [-0.2, -0.15) is 0 Å². The zero-order valence-electron chi connectivity index (χ0n) is 27.7. The van der Waals surface area contributed by atoms with E-state index in [1.165, 1.54) is 12.1 Å². The van der Waals surface area contributed by atoms with Crippen LogP contribution in [-0.4, -0.2) is 82.2 Å². The third-order valence-electron chi connectivity index (χ3n) is 9.98. The SMILES string of the molecule is CN(C)C[C@H]1Cc2cc(F)ccc2N(C(=O)[C@@H](Cc2c[nH]c3ccccc23)NC(=O)N2CCC(n3c(=O)n(C)c4ccccc43)CC2)C1. The number of anilines is 1. The van der Waals surface area contributed by atoms with Gasteiger partial charge in [0.2, 0.25) is 5.91 Å². The Morgan fingerprint density at radius 3 is 2.52 bits per heavy atom. The molecule has 48 heavy (non-hydrogen) atoms. The molecule has 2 atom stereocenters. The van der Waals surface area contributed by atoms with E-state index in [0.29, 0.717) is 51.0 Å². The highest BCUT2D eigenvalue weighted by molar-refractivity contribution is 6.00. The fourth-order valence-electron chi connectivity index (χ4n) is 7.71. The number of aromatic nitrogens is 3. The van der Waals surface area contributed by atoms with Crippen molar-refractivity contribution in [1.29, 1.82) is 0 Å². The van der Waals surface area contributed by atoms with Crippen molar-refractivity contribution in [2.75, 3.05) is 45.2 Å². The molecule has 3 amide bonds. The predicted octanol–water partition coefficient (Wildman–Crippen LogP) is 4.69. The number of hydrogen-bond acceptors (Lipinski definition) is 4. The molecule has 0 bridgehead atoms. The van der Waals surface area contributed by atoms with Crippen molar-refractivity contribution in [1.82, 2.24) is 29.2 Å². The van der Waals surface area contributed by atoms with Crippen LogP contribution in [0.1, 0.15) is 30.0 Å². The van der Waals surface area contributed by atoms with Crippen molar-refractivity contribution in [2.45, 2.75) is 37.8 Å². The molecule has 3 aromatic carbocycles. The summed E-state index contributed by atoms with van der Waals surface area (Å²) >= 11 is 0. The Labute approximate surface area is 278 Å². The molecule has 11 heteroatoms. The van der Waals surface area contributed by atoms with E-state index in [2.05, 4.69) is 15.2 Å². The van der Waals surface area contributed by atoms with Crippen LogP contribution in [-0.2, 0) is 24.7 Å². The lowest BCUT2D eigenvalue weighted by atomic mass is 9.91. The van der Waals surface area contributed by atoms with Crippen molar-refractivity contribution in [2.24, 2.45) is 13.0 Å². The van der Waals surface area contributed by atoms with Crippen LogP contribution in [0.2, 0.25) is 0 Å². The predicted molar refractivity (Wildman–Crippen MR) is 186 cm³/mol. The first-order chi connectivity index (χ1) is 23.2. The highest BCUT2D eigenvalue weighted by Gasteiger charge is 2.36. The summed E-state index contributed by atoms with van der Waals surface area (Å²) in [6.07, 6.45) is 4.11. The number of amides is 3. The zero-order valence-corrected chi connectivity index (χ0v) is 27.7. The third-order valence-corrected chi connectivity index (χ3v) is 9.98. The van der Waals surface area contributed by atoms with E-state index in [-0.39, 0.29) is 35.4 Å². The lowest BCUT2D eigenvalue weighted by Crippen LogP contribution is -2.56. The highest BCUT2D eigenvalue weighted by atomic mass is 19.1. The molecule has 5 aromatic rings. The van der Waals surface area contributed by atoms with Crippen LogP contribution in [0.25, 0.3) is 21.9 Å². The van der Waals surface area contributed by atoms with E-state index in [1.807, 2.05) is 73.4 Å². The zero-order chi connectivity index (χ0) is 33.5. The lowest BCUT2D eigenvalue weighted by molar-refractivity contribution is -0.120. The molecule has 1 saturated heterocycles. The number of rotatable bonds is 7. The van der Waals surface area contributed by atoms with Crippen molar-refractivity contribution >= 4 is 39.6 Å². The number of halogens is 1. The van der Waals surface area contributed by atoms with Gasteiger partial charge in [-0.05, 0) is 86.8 Å². The number of benzene rings is 3. The minimum absolute atomic E-state index is 0.0322. The molecule has 0 saturated carbocycles. The largest absolute Gasteiger partial charge is 0.361 e. The van der Waals surface area contributed by atoms with Gasteiger partial charge < -0.3 is 25.0 Å². The fourth-order valence-corrected chi connectivity index (χ4v) is 7.71. The van der Waals surface area contributed by atoms with Gasteiger partial charge in [0.05, 0.1) is 11.0 Å². The summed E-state index contributed by atoms with van der Waals surface area (Å²) in [5.41, 5.74) is 5.10. The molecule has 7 rings (SSSR count). The van der Waals surface area contributed by atoms with Crippen LogP contribution in [0.4, 0.5) is 14.9 Å². The molecule has 1 fully saturated rings. The molecule has 0 aliphatic carbocycles. The van der Waals surface area contributed by atoms with Crippen LogP contribution in [0.15, 0.2) is 77.7 Å². The van der Waals surface area contributed by atoms with E-state index in [0.717, 1.165) is 39.6 Å². The van der Waals surface area contributed by atoms with Gasteiger partial charge in [0.25, 0.3) is 0 Å². The van der Waals surface area contributed by atoms with Crippen LogP contribution in [0.5, 0.6) is 0 Å². The van der Waals surface area contributed by atoms with Gasteiger partial charge >= 0.3 is 11.7 Å². The Hall–Kier alpha value is -4.90. The molecule has 0 unspecified atom stereocenters. The van der Waals surface area contributed by atoms with Crippen LogP contribution in [0, 0.1) is 11.7 Å². The lowest BCUT2D eigenvalue weighted by Gasteiger charge is -2.38.